The molecule has 4 aliphatic rings. The van der Waals surface area contributed by atoms with Gasteiger partial charge in [-0.3, -0.25) is 14.5 Å². The fourth-order valence-electron chi connectivity index (χ4n) is 6.47. The van der Waals surface area contributed by atoms with Crippen LogP contribution in [0, 0.1) is 17.8 Å². The van der Waals surface area contributed by atoms with E-state index in [2.05, 4.69) is 10.1 Å². The summed E-state index contributed by atoms with van der Waals surface area (Å²) in [6, 6.07) is -0.594. The predicted octanol–water partition coefficient (Wildman–Crippen LogP) is 5.65. The number of urea groups is 1. The Morgan fingerprint density at radius 2 is 1.88 bits per heavy atom. The van der Waals surface area contributed by atoms with E-state index in [9.17, 15) is 40.7 Å². The number of carbonyl (C=O) groups is 3. The Kier molecular flexibility index (Phi) is 8.79. The zero-order chi connectivity index (χ0) is 31.1. The number of allylic oxidation sites excluding steroid dienone is 2. The third-order valence-electron chi connectivity index (χ3n) is 8.67. The summed E-state index contributed by atoms with van der Waals surface area (Å²) < 4.78 is 93.2. The number of carboxylic acid groups (broad SMARTS) is 1. The zero-order valence-electron chi connectivity index (χ0n) is 23.2. The van der Waals surface area contributed by atoms with Crippen molar-refractivity contribution in [2.24, 2.45) is 17.8 Å². The third kappa shape index (κ3) is 5.42. The SMILES string of the molecule is CCCC1=C(OCCCCN2C(=O)NC(C)(C3=CCC(C(=O)O)C=C3)C2=O)CCC2C1COC2(C(F)(F)F)C(F)(F)F. The molecule has 2 fully saturated rings. The van der Waals surface area contributed by atoms with Gasteiger partial charge in [-0.15, -0.1) is 0 Å². The lowest BCUT2D eigenvalue weighted by Crippen LogP contribution is -2.61. The number of aliphatic carboxylic acids is 1. The summed E-state index contributed by atoms with van der Waals surface area (Å²) in [6.45, 7) is 2.80. The number of carboxylic acids is 1. The number of nitrogens with one attached hydrogen (secondary N) is 1. The molecule has 0 aromatic rings. The van der Waals surface area contributed by atoms with Gasteiger partial charge in [-0.2, -0.15) is 26.3 Å². The van der Waals surface area contributed by atoms with Crippen molar-refractivity contribution in [1.82, 2.24) is 10.2 Å². The first-order valence-electron chi connectivity index (χ1n) is 14.0. The van der Waals surface area contributed by atoms with Gasteiger partial charge in [0.15, 0.2) is 0 Å². The lowest BCUT2D eigenvalue weighted by Gasteiger charge is -2.40. The Bertz CT molecular complexity index is 1180. The van der Waals surface area contributed by atoms with Gasteiger partial charge in [0.25, 0.3) is 11.5 Å². The molecule has 0 spiro atoms. The second-order valence-corrected chi connectivity index (χ2v) is 11.3. The summed E-state index contributed by atoms with van der Waals surface area (Å²) >= 11 is 0. The molecule has 2 N–H and O–H groups in total. The molecule has 0 aromatic heterocycles. The summed E-state index contributed by atoms with van der Waals surface area (Å²) in [4.78, 5) is 37.9. The summed E-state index contributed by atoms with van der Waals surface area (Å²) in [7, 11) is 0. The average Bonchev–Trinajstić information content (AvgIpc) is 3.42. The fraction of sp³-hybridized carbons (Fsp3) is 0.679. The van der Waals surface area contributed by atoms with E-state index >= 15 is 0 Å². The van der Waals surface area contributed by atoms with Crippen LogP contribution in [-0.4, -0.2) is 71.2 Å². The number of alkyl halides is 6. The van der Waals surface area contributed by atoms with E-state index in [0.717, 1.165) is 4.90 Å². The molecule has 8 nitrogen and oxygen atoms in total. The molecule has 14 heteroatoms. The molecular weight excluding hydrogens is 574 g/mol. The molecule has 0 radical (unpaired) electrons. The average molecular weight is 609 g/mol. The second-order valence-electron chi connectivity index (χ2n) is 11.3. The number of nitrogens with zero attached hydrogens (tertiary/aromatic N) is 1. The van der Waals surface area contributed by atoms with Gasteiger partial charge < -0.3 is 19.9 Å². The highest BCUT2D eigenvalue weighted by atomic mass is 19.4. The minimum atomic E-state index is -5.61. The quantitative estimate of drug-likeness (QED) is 0.189. The van der Waals surface area contributed by atoms with Crippen LogP contribution in [0.25, 0.3) is 0 Å². The fourth-order valence-corrected chi connectivity index (χ4v) is 6.47. The molecule has 4 atom stereocenters. The van der Waals surface area contributed by atoms with E-state index < -0.39 is 65.8 Å². The van der Waals surface area contributed by atoms with Crippen molar-refractivity contribution in [2.45, 2.75) is 82.3 Å². The third-order valence-corrected chi connectivity index (χ3v) is 8.67. The van der Waals surface area contributed by atoms with Crippen molar-refractivity contribution in [3.05, 3.63) is 35.1 Å². The highest BCUT2D eigenvalue weighted by Crippen LogP contribution is 2.60. The molecule has 4 unspecified atom stereocenters. The molecule has 234 valence electrons. The monoisotopic (exact) mass is 608 g/mol. The molecule has 2 heterocycles. The molecule has 0 saturated carbocycles. The lowest BCUT2D eigenvalue weighted by molar-refractivity contribution is -0.381. The number of amides is 3. The minimum absolute atomic E-state index is 0.0669. The van der Waals surface area contributed by atoms with Gasteiger partial charge >= 0.3 is 24.4 Å². The maximum atomic E-state index is 13.8. The van der Waals surface area contributed by atoms with Crippen LogP contribution in [-0.2, 0) is 19.1 Å². The standard InChI is InChI=1S/C28H34F6N2O6/c1-3-6-18-19-15-42-26(27(29,30)31,28(32,33)34)20(19)11-12-21(18)41-14-5-4-13-36-23(39)25(2,35-24(36)40)17-9-7-16(8-10-17)22(37)38/h7,9-10,16,19-20H,3-6,8,11-15H2,1-2H3,(H,35,40)(H,37,38). The Hall–Kier alpha value is -3.03. The molecular formula is C28H34F6N2O6. The van der Waals surface area contributed by atoms with E-state index in [4.69, 9.17) is 9.84 Å². The Morgan fingerprint density at radius 3 is 2.45 bits per heavy atom. The second kappa shape index (κ2) is 11.6. The number of carbonyl (C=O) groups excluding carboxylic acids is 2. The van der Waals surface area contributed by atoms with Crippen molar-refractivity contribution in [1.29, 1.82) is 0 Å². The van der Waals surface area contributed by atoms with Gasteiger partial charge in [-0.05, 0) is 50.2 Å². The van der Waals surface area contributed by atoms with Crippen LogP contribution in [0.5, 0.6) is 0 Å². The van der Waals surface area contributed by atoms with Crippen LogP contribution in [0.15, 0.2) is 35.1 Å². The number of ether oxygens (including phenoxy) is 2. The Labute approximate surface area is 238 Å². The first-order valence-corrected chi connectivity index (χ1v) is 14.0. The molecule has 2 saturated heterocycles. The summed E-state index contributed by atoms with van der Waals surface area (Å²) in [6.07, 6.45) is -5.37. The van der Waals surface area contributed by atoms with Crippen molar-refractivity contribution >= 4 is 17.9 Å². The van der Waals surface area contributed by atoms with Crippen LogP contribution in [0.4, 0.5) is 31.1 Å². The van der Waals surface area contributed by atoms with Gasteiger partial charge in [-0.25, -0.2) is 4.79 Å². The van der Waals surface area contributed by atoms with Crippen LogP contribution in [0.3, 0.4) is 0 Å². The zero-order valence-corrected chi connectivity index (χ0v) is 23.2. The number of halogens is 6. The number of hydrogen-bond acceptors (Lipinski definition) is 5. The van der Waals surface area contributed by atoms with E-state index in [-0.39, 0.29) is 38.8 Å². The molecule has 0 aromatic carbocycles. The molecule has 2 aliphatic carbocycles. The first kappa shape index (κ1) is 31.9. The van der Waals surface area contributed by atoms with E-state index in [1.54, 1.807) is 19.9 Å². The Morgan fingerprint density at radius 1 is 1.19 bits per heavy atom. The Balaban J connectivity index is 1.35. The van der Waals surface area contributed by atoms with Crippen molar-refractivity contribution in [3.8, 4) is 0 Å². The van der Waals surface area contributed by atoms with E-state index in [0.29, 0.717) is 36.2 Å². The summed E-state index contributed by atoms with van der Waals surface area (Å²) in [5.41, 5.74) is -4.62. The lowest BCUT2D eigenvalue weighted by atomic mass is 9.70. The highest BCUT2D eigenvalue weighted by molar-refractivity contribution is 6.09. The molecule has 2 aliphatic heterocycles. The number of fused-ring (bicyclic) bond motifs is 1. The summed E-state index contributed by atoms with van der Waals surface area (Å²) in [5.74, 6) is -4.64. The van der Waals surface area contributed by atoms with Crippen molar-refractivity contribution in [2.75, 3.05) is 19.8 Å². The van der Waals surface area contributed by atoms with E-state index in [1.165, 1.54) is 12.2 Å². The van der Waals surface area contributed by atoms with Crippen molar-refractivity contribution < 1.29 is 55.3 Å². The van der Waals surface area contributed by atoms with Gasteiger partial charge in [-0.1, -0.05) is 31.6 Å². The first-order chi connectivity index (χ1) is 19.6. The van der Waals surface area contributed by atoms with Gasteiger partial charge in [0.05, 0.1) is 24.9 Å². The topological polar surface area (TPSA) is 105 Å². The van der Waals surface area contributed by atoms with Gasteiger partial charge in [0.2, 0.25) is 0 Å². The smallest absolute Gasteiger partial charge is 0.426 e. The van der Waals surface area contributed by atoms with Crippen LogP contribution < -0.4 is 5.32 Å². The molecule has 4 rings (SSSR count). The number of unbranched alkanes of at least 4 members (excludes halogenated alkanes) is 1. The van der Waals surface area contributed by atoms with E-state index in [1.807, 2.05) is 0 Å². The van der Waals surface area contributed by atoms with Gasteiger partial charge in [0, 0.05) is 24.8 Å². The van der Waals surface area contributed by atoms with Crippen LogP contribution in [0.2, 0.25) is 0 Å². The summed E-state index contributed by atoms with van der Waals surface area (Å²) in [5, 5.41) is 11.8. The highest BCUT2D eigenvalue weighted by Gasteiger charge is 2.79. The maximum absolute atomic E-state index is 13.8. The maximum Gasteiger partial charge on any atom is 0.426 e. The van der Waals surface area contributed by atoms with Gasteiger partial charge in [0.1, 0.15) is 5.54 Å². The molecule has 42 heavy (non-hydrogen) atoms. The van der Waals surface area contributed by atoms with Crippen LogP contribution in [0.1, 0.15) is 58.8 Å². The normalized spacial score (nSPS) is 29.5. The molecule has 0 bridgehead atoms. The number of imide groups is 1. The largest absolute Gasteiger partial charge is 0.498 e. The van der Waals surface area contributed by atoms with Crippen molar-refractivity contribution in [3.63, 3.8) is 0 Å². The van der Waals surface area contributed by atoms with Crippen LogP contribution >= 0.6 is 0 Å². The molecule has 3 amide bonds. The predicted molar refractivity (Wildman–Crippen MR) is 136 cm³/mol. The minimum Gasteiger partial charge on any atom is -0.498 e. The number of rotatable bonds is 10. The number of hydrogen-bond donors (Lipinski definition) is 2.